The highest BCUT2D eigenvalue weighted by atomic mass is 32.1. The fourth-order valence-corrected chi connectivity index (χ4v) is 5.10. The van der Waals surface area contributed by atoms with Crippen molar-refractivity contribution in [3.63, 3.8) is 0 Å². The van der Waals surface area contributed by atoms with Gasteiger partial charge in [0.1, 0.15) is 16.5 Å². The molecule has 0 saturated carbocycles. The van der Waals surface area contributed by atoms with Gasteiger partial charge in [-0.1, -0.05) is 0 Å². The average molecular weight is 404 g/mol. The number of aryl methyl sites for hydroxylation is 2. The van der Waals surface area contributed by atoms with Gasteiger partial charge in [0.05, 0.1) is 25.1 Å². The Bertz CT molecular complexity index is 826. The van der Waals surface area contributed by atoms with Crippen LogP contribution < -0.4 is 5.32 Å². The summed E-state index contributed by atoms with van der Waals surface area (Å²) in [5, 5.41) is 4.97. The molecule has 2 aromatic heterocycles. The first-order chi connectivity index (χ1) is 13.4. The van der Waals surface area contributed by atoms with Crippen molar-refractivity contribution in [3.8, 4) is 0 Å². The lowest BCUT2D eigenvalue weighted by Crippen LogP contribution is -2.44. The van der Waals surface area contributed by atoms with E-state index in [4.69, 9.17) is 14.7 Å². The van der Waals surface area contributed by atoms with E-state index in [2.05, 4.69) is 43.1 Å². The minimum absolute atomic E-state index is 0.0533. The molecular weight excluding hydrogens is 370 g/mol. The maximum absolute atomic E-state index is 5.49. The second kappa shape index (κ2) is 8.22. The first-order valence-electron chi connectivity index (χ1n) is 10.5. The van der Waals surface area contributed by atoms with E-state index in [1.165, 1.54) is 35.1 Å². The quantitative estimate of drug-likeness (QED) is 0.800. The Morgan fingerprint density at radius 1 is 1.14 bits per heavy atom. The molecule has 0 bridgehead atoms. The summed E-state index contributed by atoms with van der Waals surface area (Å²) in [4.78, 5) is 17.3. The summed E-state index contributed by atoms with van der Waals surface area (Å²) >= 11 is 1.88. The summed E-state index contributed by atoms with van der Waals surface area (Å²) in [6.07, 6.45) is 4.92. The third-order valence-electron chi connectivity index (χ3n) is 6.23. The van der Waals surface area contributed by atoms with E-state index in [-0.39, 0.29) is 5.54 Å². The third kappa shape index (κ3) is 4.17. The summed E-state index contributed by atoms with van der Waals surface area (Å²) in [6, 6.07) is 0. The van der Waals surface area contributed by atoms with E-state index in [0.717, 1.165) is 62.3 Å². The number of aromatic nitrogens is 2. The summed E-state index contributed by atoms with van der Waals surface area (Å²) in [5.41, 5.74) is 1.55. The molecule has 7 heteroatoms. The Morgan fingerprint density at radius 3 is 2.64 bits per heavy atom. The molecule has 6 nitrogen and oxygen atoms in total. The molecule has 0 atom stereocenters. The Hall–Kier alpha value is -1.28. The van der Waals surface area contributed by atoms with Gasteiger partial charge in [-0.3, -0.25) is 4.90 Å². The molecule has 1 saturated heterocycles. The topological polar surface area (TPSA) is 53.5 Å². The molecule has 1 aliphatic carbocycles. The predicted octanol–water partition coefficient (Wildman–Crippen LogP) is 3.15. The van der Waals surface area contributed by atoms with Gasteiger partial charge in [0.15, 0.2) is 0 Å². The molecule has 0 aromatic carbocycles. The Kier molecular flexibility index (Phi) is 5.88. The highest BCUT2D eigenvalue weighted by Gasteiger charge is 2.25. The van der Waals surface area contributed by atoms with E-state index >= 15 is 0 Å². The number of fused-ring (bicyclic) bond motifs is 3. The molecule has 0 unspecified atom stereocenters. The number of nitrogens with zero attached hydrogens (tertiary/aromatic N) is 4. The van der Waals surface area contributed by atoms with Gasteiger partial charge in [0, 0.05) is 30.1 Å². The molecule has 28 heavy (non-hydrogen) atoms. The van der Waals surface area contributed by atoms with Crippen LogP contribution >= 0.6 is 11.3 Å². The van der Waals surface area contributed by atoms with Gasteiger partial charge >= 0.3 is 0 Å². The van der Waals surface area contributed by atoms with Gasteiger partial charge in [0.2, 0.25) is 0 Å². The number of hydrogen-bond donors (Lipinski definition) is 1. The molecule has 0 radical (unpaired) electrons. The highest BCUT2D eigenvalue weighted by molar-refractivity contribution is 7.19. The minimum Gasteiger partial charge on any atom is -0.379 e. The number of likely N-dealkylation sites (N-methyl/N-ethyl adjacent to an activating group) is 1. The zero-order valence-corrected chi connectivity index (χ0v) is 18.5. The normalized spacial score (nSPS) is 18.6. The second-order valence-electron chi connectivity index (χ2n) is 8.83. The highest BCUT2D eigenvalue weighted by Crippen LogP contribution is 2.38. The van der Waals surface area contributed by atoms with Crippen LogP contribution in [0.1, 0.15) is 43.0 Å². The number of hydrogen-bond acceptors (Lipinski definition) is 7. The van der Waals surface area contributed by atoms with Crippen molar-refractivity contribution in [3.05, 3.63) is 16.3 Å². The molecule has 1 N–H and O–H groups in total. The van der Waals surface area contributed by atoms with Gasteiger partial charge in [-0.15, -0.1) is 11.3 Å². The molecule has 0 amide bonds. The lowest BCUT2D eigenvalue weighted by molar-refractivity contribution is 0.0331. The van der Waals surface area contributed by atoms with Crippen molar-refractivity contribution in [2.75, 3.05) is 52.3 Å². The fourth-order valence-electron chi connectivity index (χ4n) is 3.82. The summed E-state index contributed by atoms with van der Waals surface area (Å²) in [5.74, 6) is 1.96. The average Bonchev–Trinajstić information content (AvgIpc) is 3.05. The van der Waals surface area contributed by atoms with Crippen LogP contribution in [-0.2, 0) is 24.1 Å². The van der Waals surface area contributed by atoms with E-state index in [1.54, 1.807) is 0 Å². The number of morpholine rings is 1. The largest absolute Gasteiger partial charge is 0.379 e. The molecule has 1 aliphatic heterocycles. The van der Waals surface area contributed by atoms with E-state index in [9.17, 15) is 0 Å². The van der Waals surface area contributed by atoms with Crippen LogP contribution in [0.5, 0.6) is 0 Å². The molecule has 1 fully saturated rings. The number of thiophene rings is 1. The molecule has 3 heterocycles. The van der Waals surface area contributed by atoms with Crippen LogP contribution in [0.15, 0.2) is 0 Å². The SMILES string of the molecule is CN(C)C(C)(C)CNc1nc(CN2CCOCC2)nc2sc3c(c12)CCCC3. The molecule has 0 spiro atoms. The standard InChI is InChI=1S/C21H33N5OS/c1-21(2,25(3)4)14-22-19-18-15-7-5-6-8-16(15)28-20(18)24-17(23-19)13-26-9-11-27-12-10-26/h5-14H2,1-4H3,(H,22,23,24). The molecule has 2 aliphatic rings. The first-order valence-corrected chi connectivity index (χ1v) is 11.3. The molecule has 4 rings (SSSR count). The van der Waals surface area contributed by atoms with Crippen molar-refractivity contribution in [2.24, 2.45) is 0 Å². The first kappa shape index (κ1) is 20.0. The zero-order chi connectivity index (χ0) is 19.7. The number of anilines is 1. The van der Waals surface area contributed by atoms with Crippen LogP contribution in [0.3, 0.4) is 0 Å². The van der Waals surface area contributed by atoms with Crippen LogP contribution in [0.2, 0.25) is 0 Å². The van der Waals surface area contributed by atoms with Crippen molar-refractivity contribution in [2.45, 2.75) is 51.6 Å². The second-order valence-corrected chi connectivity index (χ2v) is 9.91. The summed E-state index contributed by atoms with van der Waals surface area (Å²) in [6.45, 7) is 9.69. The smallest absolute Gasteiger partial charge is 0.146 e. The van der Waals surface area contributed by atoms with Crippen molar-refractivity contribution >= 4 is 27.4 Å². The third-order valence-corrected chi connectivity index (χ3v) is 7.41. The Morgan fingerprint density at radius 2 is 1.89 bits per heavy atom. The fraction of sp³-hybridized carbons (Fsp3) is 0.714. The summed E-state index contributed by atoms with van der Waals surface area (Å²) < 4.78 is 5.49. The van der Waals surface area contributed by atoms with E-state index in [1.807, 2.05) is 11.3 Å². The van der Waals surface area contributed by atoms with E-state index in [0.29, 0.717) is 0 Å². The minimum atomic E-state index is 0.0533. The molecule has 2 aromatic rings. The van der Waals surface area contributed by atoms with Crippen LogP contribution in [-0.4, -0.2) is 72.3 Å². The zero-order valence-electron chi connectivity index (χ0n) is 17.7. The van der Waals surface area contributed by atoms with Gasteiger partial charge in [-0.2, -0.15) is 0 Å². The number of nitrogens with one attached hydrogen (secondary N) is 1. The summed E-state index contributed by atoms with van der Waals surface area (Å²) in [7, 11) is 4.27. The Balaban J connectivity index is 1.67. The Labute approximate surface area is 172 Å². The van der Waals surface area contributed by atoms with Gasteiger partial charge in [-0.25, -0.2) is 9.97 Å². The van der Waals surface area contributed by atoms with Crippen molar-refractivity contribution in [1.29, 1.82) is 0 Å². The van der Waals surface area contributed by atoms with Crippen molar-refractivity contribution < 1.29 is 4.74 Å². The monoisotopic (exact) mass is 403 g/mol. The number of rotatable bonds is 6. The molecule has 154 valence electrons. The van der Waals surface area contributed by atoms with Crippen LogP contribution in [0.25, 0.3) is 10.2 Å². The van der Waals surface area contributed by atoms with Gasteiger partial charge in [-0.05, 0) is 59.2 Å². The molecular formula is C21H33N5OS. The van der Waals surface area contributed by atoms with Crippen LogP contribution in [0, 0.1) is 0 Å². The lowest BCUT2D eigenvalue weighted by Gasteiger charge is -2.33. The van der Waals surface area contributed by atoms with Gasteiger partial charge < -0.3 is 15.0 Å². The van der Waals surface area contributed by atoms with Crippen LogP contribution in [0.4, 0.5) is 5.82 Å². The van der Waals surface area contributed by atoms with Gasteiger partial charge in [0.25, 0.3) is 0 Å². The number of ether oxygens (including phenoxy) is 1. The predicted molar refractivity (Wildman–Crippen MR) is 116 cm³/mol. The van der Waals surface area contributed by atoms with Crippen molar-refractivity contribution in [1.82, 2.24) is 19.8 Å². The maximum Gasteiger partial charge on any atom is 0.146 e. The lowest BCUT2D eigenvalue weighted by atomic mass is 9.97. The van der Waals surface area contributed by atoms with E-state index < -0.39 is 0 Å². The maximum atomic E-state index is 5.49.